The molecule has 2 fully saturated rings. The fourth-order valence-corrected chi connectivity index (χ4v) is 2.82. The molecule has 8 heteroatoms. The number of cyclic esters (lactones) is 1. The maximum atomic E-state index is 12.0. The monoisotopic (exact) mass is 294 g/mol. The van der Waals surface area contributed by atoms with Crippen molar-refractivity contribution in [1.82, 2.24) is 9.47 Å². The van der Waals surface area contributed by atoms with Gasteiger partial charge < -0.3 is 19.1 Å². The van der Waals surface area contributed by atoms with Gasteiger partial charge in [-0.2, -0.15) is 0 Å². The molecule has 0 spiro atoms. The number of amides is 1. The number of hydrogen-bond donors (Lipinski definition) is 1. The molecule has 0 bridgehead atoms. The third kappa shape index (κ3) is 2.12. The minimum atomic E-state index is -0.723. The van der Waals surface area contributed by atoms with Crippen LogP contribution >= 0.6 is 0 Å². The predicted molar refractivity (Wildman–Crippen MR) is 69.2 cm³/mol. The van der Waals surface area contributed by atoms with E-state index >= 15 is 0 Å². The van der Waals surface area contributed by atoms with Crippen molar-refractivity contribution < 1.29 is 24.2 Å². The molecule has 1 aromatic heterocycles. The van der Waals surface area contributed by atoms with Gasteiger partial charge in [-0.3, -0.25) is 9.69 Å². The van der Waals surface area contributed by atoms with Crippen molar-refractivity contribution in [2.75, 3.05) is 20.3 Å². The van der Waals surface area contributed by atoms with E-state index in [0.717, 1.165) is 6.07 Å². The first-order valence-corrected chi connectivity index (χ1v) is 6.48. The van der Waals surface area contributed by atoms with Crippen LogP contribution in [0.25, 0.3) is 0 Å². The Hall–Kier alpha value is -2.51. The molecule has 2 aliphatic rings. The molecule has 1 aromatic rings. The van der Waals surface area contributed by atoms with Crippen molar-refractivity contribution in [3.05, 3.63) is 28.2 Å². The highest BCUT2D eigenvalue weighted by Crippen LogP contribution is 2.31. The van der Waals surface area contributed by atoms with E-state index in [1.165, 1.54) is 17.9 Å². The fraction of sp³-hybridized carbons (Fsp3) is 0.462. The Labute approximate surface area is 119 Å². The van der Waals surface area contributed by atoms with Gasteiger partial charge in [0.25, 0.3) is 5.56 Å². The number of aromatic nitrogens is 1. The van der Waals surface area contributed by atoms with Crippen molar-refractivity contribution in [3.8, 4) is 5.75 Å². The van der Waals surface area contributed by atoms with Crippen LogP contribution in [-0.2, 0) is 9.47 Å². The summed E-state index contributed by atoms with van der Waals surface area (Å²) in [6.45, 7) is 0.654. The largest absolute Gasteiger partial charge is 0.507 e. The number of pyridine rings is 1. The zero-order chi connectivity index (χ0) is 15.1. The normalized spacial score (nSPS) is 23.9. The third-order valence-corrected chi connectivity index (χ3v) is 3.88. The van der Waals surface area contributed by atoms with Gasteiger partial charge in [-0.1, -0.05) is 0 Å². The highest BCUT2D eigenvalue weighted by molar-refractivity contribution is 5.91. The molecule has 3 rings (SSSR count). The van der Waals surface area contributed by atoms with Gasteiger partial charge in [0.2, 0.25) is 0 Å². The SMILES string of the molecule is COC(=O)c1cn([C@@H]2C[C@H]3COC(=O)N3C2)c(=O)cc1O. The Morgan fingerprint density at radius 3 is 2.86 bits per heavy atom. The summed E-state index contributed by atoms with van der Waals surface area (Å²) in [5, 5.41) is 9.66. The summed E-state index contributed by atoms with van der Waals surface area (Å²) in [6.07, 6.45) is 1.46. The van der Waals surface area contributed by atoms with Crippen molar-refractivity contribution in [2.45, 2.75) is 18.5 Å². The number of fused-ring (bicyclic) bond motifs is 1. The maximum Gasteiger partial charge on any atom is 0.410 e. The van der Waals surface area contributed by atoms with Crippen LogP contribution in [0.1, 0.15) is 22.8 Å². The van der Waals surface area contributed by atoms with Crippen LogP contribution < -0.4 is 5.56 Å². The average molecular weight is 294 g/mol. The lowest BCUT2D eigenvalue weighted by Gasteiger charge is -2.16. The second kappa shape index (κ2) is 4.80. The van der Waals surface area contributed by atoms with Crippen LogP contribution in [0.5, 0.6) is 5.75 Å². The van der Waals surface area contributed by atoms with Gasteiger partial charge in [0, 0.05) is 18.8 Å². The summed E-state index contributed by atoms with van der Waals surface area (Å²) >= 11 is 0. The lowest BCUT2D eigenvalue weighted by atomic mass is 10.1. The lowest BCUT2D eigenvalue weighted by Crippen LogP contribution is -2.30. The summed E-state index contributed by atoms with van der Waals surface area (Å²) in [4.78, 5) is 36.7. The summed E-state index contributed by atoms with van der Waals surface area (Å²) in [6, 6.07) is 0.678. The molecule has 3 heterocycles. The average Bonchev–Trinajstić information content (AvgIpc) is 3.01. The molecule has 0 aromatic carbocycles. The highest BCUT2D eigenvalue weighted by Gasteiger charge is 2.42. The number of esters is 1. The van der Waals surface area contributed by atoms with Gasteiger partial charge in [0.05, 0.1) is 19.2 Å². The van der Waals surface area contributed by atoms with Gasteiger partial charge >= 0.3 is 12.1 Å². The van der Waals surface area contributed by atoms with Crippen molar-refractivity contribution in [1.29, 1.82) is 0 Å². The van der Waals surface area contributed by atoms with E-state index in [9.17, 15) is 19.5 Å². The summed E-state index contributed by atoms with van der Waals surface area (Å²) in [5.74, 6) is -1.14. The number of nitrogens with zero attached hydrogens (tertiary/aromatic N) is 2. The number of methoxy groups -OCH3 is 1. The first-order chi connectivity index (χ1) is 10.0. The number of aromatic hydroxyl groups is 1. The van der Waals surface area contributed by atoms with E-state index in [0.29, 0.717) is 19.6 Å². The van der Waals surface area contributed by atoms with Crippen molar-refractivity contribution in [2.24, 2.45) is 0 Å². The van der Waals surface area contributed by atoms with Gasteiger partial charge in [0.15, 0.2) is 0 Å². The van der Waals surface area contributed by atoms with Gasteiger partial charge in [0.1, 0.15) is 17.9 Å². The van der Waals surface area contributed by atoms with Crippen LogP contribution in [-0.4, -0.2) is 52.9 Å². The van der Waals surface area contributed by atoms with Crippen LogP contribution in [0.15, 0.2) is 17.1 Å². The zero-order valence-corrected chi connectivity index (χ0v) is 11.3. The van der Waals surface area contributed by atoms with E-state index in [-0.39, 0.29) is 23.7 Å². The number of rotatable bonds is 2. The molecule has 1 N–H and O–H groups in total. The molecule has 112 valence electrons. The molecule has 1 amide bonds. The molecule has 0 radical (unpaired) electrons. The third-order valence-electron chi connectivity index (χ3n) is 3.88. The van der Waals surface area contributed by atoms with Gasteiger partial charge in [-0.25, -0.2) is 9.59 Å². The van der Waals surface area contributed by atoms with E-state index in [1.54, 1.807) is 4.90 Å². The van der Waals surface area contributed by atoms with E-state index < -0.39 is 17.3 Å². The van der Waals surface area contributed by atoms with E-state index in [4.69, 9.17) is 4.74 Å². The van der Waals surface area contributed by atoms with E-state index in [2.05, 4.69) is 4.74 Å². The first-order valence-electron chi connectivity index (χ1n) is 6.48. The van der Waals surface area contributed by atoms with Gasteiger partial charge in [-0.15, -0.1) is 0 Å². The highest BCUT2D eigenvalue weighted by atomic mass is 16.6. The number of hydrogen-bond acceptors (Lipinski definition) is 6. The predicted octanol–water partition coefficient (Wildman–Crippen LogP) is 0.106. The molecule has 8 nitrogen and oxygen atoms in total. The van der Waals surface area contributed by atoms with Crippen molar-refractivity contribution in [3.63, 3.8) is 0 Å². The minimum Gasteiger partial charge on any atom is -0.507 e. The maximum absolute atomic E-state index is 12.0. The second-order valence-electron chi connectivity index (χ2n) is 5.08. The Balaban J connectivity index is 1.94. The second-order valence-corrected chi connectivity index (χ2v) is 5.08. The molecule has 2 atom stereocenters. The Bertz CT molecular complexity index is 667. The summed E-state index contributed by atoms with van der Waals surface area (Å²) < 4.78 is 10.8. The standard InChI is InChI=1S/C13H14N2O6/c1-20-12(18)9-5-14(11(17)3-10(9)16)7-2-8-6-21-13(19)15(8)4-7/h3,5,7-8,16H,2,4,6H2,1H3/t7-,8+/m1/s1. The lowest BCUT2D eigenvalue weighted by molar-refractivity contribution is 0.0596. The molecule has 0 unspecified atom stereocenters. The van der Waals surface area contributed by atoms with Crippen LogP contribution in [0.3, 0.4) is 0 Å². The van der Waals surface area contributed by atoms with Crippen molar-refractivity contribution >= 4 is 12.1 Å². The van der Waals surface area contributed by atoms with E-state index in [1.807, 2.05) is 0 Å². The molecule has 0 aliphatic carbocycles. The first kappa shape index (κ1) is 13.5. The molecular formula is C13H14N2O6. The molecular weight excluding hydrogens is 280 g/mol. The van der Waals surface area contributed by atoms with Gasteiger partial charge in [-0.05, 0) is 6.42 Å². The summed E-state index contributed by atoms with van der Waals surface area (Å²) in [5.41, 5.74) is -0.508. The smallest absolute Gasteiger partial charge is 0.410 e. The number of carbonyl (C=O) groups excluding carboxylic acids is 2. The Morgan fingerprint density at radius 1 is 1.43 bits per heavy atom. The molecule has 2 saturated heterocycles. The summed E-state index contributed by atoms with van der Waals surface area (Å²) in [7, 11) is 1.19. The number of ether oxygens (including phenoxy) is 2. The molecule has 0 saturated carbocycles. The molecule has 21 heavy (non-hydrogen) atoms. The zero-order valence-electron chi connectivity index (χ0n) is 11.3. The quantitative estimate of drug-likeness (QED) is 0.777. The Morgan fingerprint density at radius 2 is 2.19 bits per heavy atom. The van der Waals surface area contributed by atoms with Crippen LogP contribution in [0, 0.1) is 0 Å². The minimum absolute atomic E-state index is 0.0511. The fourth-order valence-electron chi connectivity index (χ4n) is 2.82. The van der Waals surface area contributed by atoms with Crippen LogP contribution in [0.2, 0.25) is 0 Å². The molecule has 2 aliphatic heterocycles. The Kier molecular flexibility index (Phi) is 3.08. The topological polar surface area (TPSA) is 98.1 Å². The number of carbonyl (C=O) groups is 2. The van der Waals surface area contributed by atoms with Crippen LogP contribution in [0.4, 0.5) is 4.79 Å².